The van der Waals surface area contributed by atoms with Crippen LogP contribution in [0.15, 0.2) is 30.6 Å². The number of halogens is 1. The number of anilines is 1. The van der Waals surface area contributed by atoms with Crippen LogP contribution in [0, 0.1) is 0 Å². The van der Waals surface area contributed by atoms with Gasteiger partial charge in [0.2, 0.25) is 5.91 Å². The monoisotopic (exact) mass is 351 g/mol. The second-order valence-corrected chi connectivity index (χ2v) is 5.49. The van der Waals surface area contributed by atoms with Gasteiger partial charge in [-0.25, -0.2) is 0 Å². The molecule has 0 unspecified atom stereocenters. The molecule has 0 aliphatic rings. The molecule has 2 aromatic rings. The minimum Gasteiger partial charge on any atom is -0.330 e. The van der Waals surface area contributed by atoms with Crippen molar-refractivity contribution in [3.8, 4) is 11.4 Å². The Kier molecular flexibility index (Phi) is 9.04. The summed E-state index contributed by atoms with van der Waals surface area (Å²) in [6.07, 6.45) is 6.26. The van der Waals surface area contributed by atoms with Gasteiger partial charge >= 0.3 is 0 Å². The van der Waals surface area contributed by atoms with Crippen molar-refractivity contribution in [3.05, 3.63) is 30.6 Å². The number of aryl methyl sites for hydroxylation is 1. The normalized spacial score (nSPS) is 10.2. The van der Waals surface area contributed by atoms with Gasteiger partial charge in [-0.15, -0.1) is 22.6 Å². The lowest BCUT2D eigenvalue weighted by molar-refractivity contribution is -0.116. The summed E-state index contributed by atoms with van der Waals surface area (Å²) < 4.78 is 1.96. The number of aromatic nitrogens is 3. The van der Waals surface area contributed by atoms with E-state index in [9.17, 15) is 4.79 Å². The van der Waals surface area contributed by atoms with E-state index in [-0.39, 0.29) is 18.3 Å². The standard InChI is InChI=1S/C17H25N5O.ClH/c1-2-22-13-19-21-17(22)14-9-6-7-10-15(14)20-16(23)11-5-3-4-8-12-18;/h6-7,9-10,13H,2-5,8,11-12,18H2,1H3,(H,20,23);1H. The third-order valence-corrected chi connectivity index (χ3v) is 3.76. The molecule has 24 heavy (non-hydrogen) atoms. The van der Waals surface area contributed by atoms with Crippen LogP contribution >= 0.6 is 12.4 Å². The Labute approximate surface area is 149 Å². The van der Waals surface area contributed by atoms with Crippen LogP contribution in [0.3, 0.4) is 0 Å². The van der Waals surface area contributed by atoms with E-state index in [1.807, 2.05) is 35.8 Å². The van der Waals surface area contributed by atoms with Gasteiger partial charge < -0.3 is 15.6 Å². The quantitative estimate of drug-likeness (QED) is 0.679. The number of nitrogens with one attached hydrogen (secondary N) is 1. The number of carbonyl (C=O) groups is 1. The number of para-hydroxylation sites is 1. The van der Waals surface area contributed by atoms with Crippen LogP contribution in [0.4, 0.5) is 5.69 Å². The fraction of sp³-hybridized carbons (Fsp3) is 0.471. The summed E-state index contributed by atoms with van der Waals surface area (Å²) in [6.45, 7) is 3.54. The van der Waals surface area contributed by atoms with Gasteiger partial charge in [0.25, 0.3) is 0 Å². The molecule has 0 fully saturated rings. The first-order chi connectivity index (χ1) is 11.3. The van der Waals surface area contributed by atoms with Gasteiger partial charge in [0.15, 0.2) is 5.82 Å². The van der Waals surface area contributed by atoms with Gasteiger partial charge in [0.1, 0.15) is 6.33 Å². The molecule has 0 aliphatic heterocycles. The maximum absolute atomic E-state index is 12.1. The van der Waals surface area contributed by atoms with Crippen LogP contribution in [0.1, 0.15) is 39.0 Å². The second-order valence-electron chi connectivity index (χ2n) is 5.49. The molecule has 1 heterocycles. The van der Waals surface area contributed by atoms with E-state index < -0.39 is 0 Å². The van der Waals surface area contributed by atoms with Gasteiger partial charge in [-0.05, 0) is 38.4 Å². The van der Waals surface area contributed by atoms with E-state index >= 15 is 0 Å². The van der Waals surface area contributed by atoms with Gasteiger partial charge in [0.05, 0.1) is 5.69 Å². The summed E-state index contributed by atoms with van der Waals surface area (Å²) in [4.78, 5) is 12.1. The summed E-state index contributed by atoms with van der Waals surface area (Å²) >= 11 is 0. The van der Waals surface area contributed by atoms with Crippen molar-refractivity contribution in [1.82, 2.24) is 14.8 Å². The van der Waals surface area contributed by atoms with E-state index in [2.05, 4.69) is 15.5 Å². The third kappa shape index (κ3) is 5.62. The molecule has 1 aromatic heterocycles. The van der Waals surface area contributed by atoms with Crippen molar-refractivity contribution in [3.63, 3.8) is 0 Å². The SMILES string of the molecule is CCn1cnnc1-c1ccccc1NC(=O)CCCCCCN.Cl. The Morgan fingerprint density at radius 1 is 1.21 bits per heavy atom. The summed E-state index contributed by atoms with van der Waals surface area (Å²) in [7, 11) is 0. The molecule has 1 aromatic carbocycles. The number of hydrogen-bond acceptors (Lipinski definition) is 4. The topological polar surface area (TPSA) is 85.8 Å². The number of rotatable bonds is 9. The van der Waals surface area contributed by atoms with Crippen LogP contribution in [0.25, 0.3) is 11.4 Å². The Hall–Kier alpha value is -1.92. The molecule has 0 atom stereocenters. The molecular formula is C17H26ClN5O. The van der Waals surface area contributed by atoms with E-state index in [1.165, 1.54) is 0 Å². The lowest BCUT2D eigenvalue weighted by Crippen LogP contribution is -2.12. The first kappa shape index (κ1) is 20.1. The highest BCUT2D eigenvalue weighted by Crippen LogP contribution is 2.26. The molecule has 0 radical (unpaired) electrons. The predicted octanol–water partition coefficient (Wildman–Crippen LogP) is 3.23. The molecular weight excluding hydrogens is 326 g/mol. The summed E-state index contributed by atoms with van der Waals surface area (Å²) in [5.41, 5.74) is 7.14. The van der Waals surface area contributed by atoms with Gasteiger partial charge in [-0.3, -0.25) is 4.79 Å². The number of unbranched alkanes of at least 4 members (excludes halogenated alkanes) is 3. The number of nitrogens with zero attached hydrogens (tertiary/aromatic N) is 3. The van der Waals surface area contributed by atoms with Gasteiger partial charge in [0, 0.05) is 18.5 Å². The van der Waals surface area contributed by atoms with Crippen molar-refractivity contribution < 1.29 is 4.79 Å². The Morgan fingerprint density at radius 2 is 1.96 bits per heavy atom. The van der Waals surface area contributed by atoms with Crippen LogP contribution in [0.5, 0.6) is 0 Å². The average Bonchev–Trinajstić information content (AvgIpc) is 3.03. The van der Waals surface area contributed by atoms with E-state index in [4.69, 9.17) is 5.73 Å². The molecule has 0 aliphatic carbocycles. The Bertz CT molecular complexity index is 629. The van der Waals surface area contributed by atoms with E-state index in [1.54, 1.807) is 6.33 Å². The highest BCUT2D eigenvalue weighted by atomic mass is 35.5. The maximum Gasteiger partial charge on any atom is 0.224 e. The zero-order chi connectivity index (χ0) is 16.5. The summed E-state index contributed by atoms with van der Waals surface area (Å²) in [5.74, 6) is 0.805. The number of nitrogens with two attached hydrogens (primary N) is 1. The van der Waals surface area contributed by atoms with Crippen LogP contribution < -0.4 is 11.1 Å². The Morgan fingerprint density at radius 3 is 2.71 bits per heavy atom. The average molecular weight is 352 g/mol. The molecule has 0 saturated heterocycles. The molecule has 0 spiro atoms. The van der Waals surface area contributed by atoms with Crippen molar-refractivity contribution in [2.45, 2.75) is 45.6 Å². The van der Waals surface area contributed by atoms with Crippen LogP contribution in [-0.2, 0) is 11.3 Å². The van der Waals surface area contributed by atoms with Gasteiger partial charge in [-0.1, -0.05) is 25.0 Å². The summed E-state index contributed by atoms with van der Waals surface area (Å²) in [6, 6.07) is 7.70. The lowest BCUT2D eigenvalue weighted by Gasteiger charge is -2.11. The van der Waals surface area contributed by atoms with Gasteiger partial charge in [-0.2, -0.15) is 0 Å². The first-order valence-corrected chi connectivity index (χ1v) is 8.23. The minimum atomic E-state index is 0. The lowest BCUT2D eigenvalue weighted by atomic mass is 10.1. The molecule has 0 saturated carbocycles. The largest absolute Gasteiger partial charge is 0.330 e. The summed E-state index contributed by atoms with van der Waals surface area (Å²) in [5, 5.41) is 11.1. The second kappa shape index (κ2) is 10.8. The van der Waals surface area contributed by atoms with Crippen molar-refractivity contribution in [2.75, 3.05) is 11.9 Å². The molecule has 132 valence electrons. The fourth-order valence-corrected chi connectivity index (χ4v) is 2.48. The number of hydrogen-bond donors (Lipinski definition) is 2. The van der Waals surface area contributed by atoms with E-state index in [0.29, 0.717) is 6.42 Å². The molecule has 3 N–H and O–H groups in total. The molecule has 1 amide bonds. The van der Waals surface area contributed by atoms with E-state index in [0.717, 1.165) is 55.8 Å². The van der Waals surface area contributed by atoms with Crippen LogP contribution in [0.2, 0.25) is 0 Å². The zero-order valence-electron chi connectivity index (χ0n) is 14.1. The number of benzene rings is 1. The highest BCUT2D eigenvalue weighted by molar-refractivity contribution is 5.94. The number of carbonyl (C=O) groups excluding carboxylic acids is 1. The fourth-order valence-electron chi connectivity index (χ4n) is 2.48. The molecule has 7 heteroatoms. The van der Waals surface area contributed by atoms with Crippen molar-refractivity contribution >= 4 is 24.0 Å². The van der Waals surface area contributed by atoms with Crippen LogP contribution in [-0.4, -0.2) is 27.2 Å². The number of amides is 1. The smallest absolute Gasteiger partial charge is 0.224 e. The first-order valence-electron chi connectivity index (χ1n) is 8.23. The van der Waals surface area contributed by atoms with Crippen molar-refractivity contribution in [2.24, 2.45) is 5.73 Å². The molecule has 0 bridgehead atoms. The zero-order valence-corrected chi connectivity index (χ0v) is 14.9. The Balaban J connectivity index is 0.00000288. The third-order valence-electron chi connectivity index (χ3n) is 3.76. The van der Waals surface area contributed by atoms with Crippen molar-refractivity contribution in [1.29, 1.82) is 0 Å². The molecule has 2 rings (SSSR count). The predicted molar refractivity (Wildman–Crippen MR) is 99.1 cm³/mol. The maximum atomic E-state index is 12.1. The molecule has 6 nitrogen and oxygen atoms in total. The highest BCUT2D eigenvalue weighted by Gasteiger charge is 2.12. The minimum absolute atomic E-state index is 0.